The molecule has 60 valence electrons. The Labute approximate surface area is 78.7 Å². The number of para-hydroxylation sites is 1. The summed E-state index contributed by atoms with van der Waals surface area (Å²) >= 11 is 6.41. The maximum atomic E-state index is 5.79. The van der Waals surface area contributed by atoms with Crippen molar-refractivity contribution in [2.45, 2.75) is 0 Å². The Bertz CT molecular complexity index is 476. The van der Waals surface area contributed by atoms with E-state index in [4.69, 9.17) is 18.0 Å². The molecule has 0 saturated heterocycles. The average Bonchev–Trinajstić information content (AvgIpc) is 2.04. The maximum Gasteiger partial charge on any atom is 0.330 e. The third kappa shape index (κ3) is 1.19. The molecule has 1 aromatic carbocycles. The predicted molar refractivity (Wildman–Crippen MR) is 53.6 cm³/mol. The SMILES string of the molecule is Nc1sc(=S)[nH+]c2ccccc12. The molecule has 0 saturated carbocycles. The Morgan fingerprint density at radius 1 is 1.33 bits per heavy atom. The lowest BCUT2D eigenvalue weighted by Gasteiger charge is -1.92. The number of anilines is 1. The molecule has 2 rings (SSSR count). The van der Waals surface area contributed by atoms with E-state index in [0.29, 0.717) is 3.95 Å². The second-order valence-corrected chi connectivity index (χ2v) is 4.14. The first kappa shape index (κ1) is 7.64. The topological polar surface area (TPSA) is 40.2 Å². The van der Waals surface area contributed by atoms with Crippen molar-refractivity contribution in [3.8, 4) is 0 Å². The molecule has 1 aromatic heterocycles. The van der Waals surface area contributed by atoms with E-state index in [1.54, 1.807) is 0 Å². The fourth-order valence-corrected chi connectivity index (χ4v) is 2.13. The first-order valence-corrected chi connectivity index (χ1v) is 4.70. The second kappa shape index (κ2) is 2.80. The highest BCUT2D eigenvalue weighted by molar-refractivity contribution is 7.73. The van der Waals surface area contributed by atoms with Crippen molar-refractivity contribution in [3.63, 3.8) is 0 Å². The normalized spacial score (nSPS) is 10.3. The fourth-order valence-electron chi connectivity index (χ4n) is 1.10. The molecular weight excluding hydrogens is 188 g/mol. The van der Waals surface area contributed by atoms with Crippen LogP contribution in [-0.2, 0) is 0 Å². The highest BCUT2D eigenvalue weighted by Gasteiger charge is 2.03. The van der Waals surface area contributed by atoms with Gasteiger partial charge in [0.25, 0.3) is 0 Å². The van der Waals surface area contributed by atoms with Crippen LogP contribution in [0.1, 0.15) is 0 Å². The predicted octanol–water partition coefficient (Wildman–Crippen LogP) is 2.03. The third-order valence-corrected chi connectivity index (χ3v) is 2.71. The van der Waals surface area contributed by atoms with Crippen LogP contribution in [0.5, 0.6) is 0 Å². The van der Waals surface area contributed by atoms with E-state index in [2.05, 4.69) is 4.98 Å². The van der Waals surface area contributed by atoms with Crippen LogP contribution in [0.4, 0.5) is 5.00 Å². The molecule has 12 heavy (non-hydrogen) atoms. The van der Waals surface area contributed by atoms with Gasteiger partial charge in [-0.3, -0.25) is 0 Å². The van der Waals surface area contributed by atoms with Crippen LogP contribution in [0, 0.1) is 3.95 Å². The summed E-state index contributed by atoms with van der Waals surface area (Å²) in [5.41, 5.74) is 6.79. The number of benzene rings is 1. The van der Waals surface area contributed by atoms with Crippen molar-refractivity contribution in [2.24, 2.45) is 0 Å². The molecule has 0 unspecified atom stereocenters. The minimum atomic E-state index is 0.714. The second-order valence-electron chi connectivity index (χ2n) is 2.42. The Hall–Kier alpha value is -1.00. The molecule has 0 aliphatic rings. The molecule has 0 spiro atoms. The summed E-state index contributed by atoms with van der Waals surface area (Å²) in [6.07, 6.45) is 0. The van der Waals surface area contributed by atoms with Gasteiger partial charge in [0.05, 0.1) is 5.39 Å². The van der Waals surface area contributed by atoms with E-state index in [-0.39, 0.29) is 0 Å². The first-order valence-electron chi connectivity index (χ1n) is 3.48. The van der Waals surface area contributed by atoms with E-state index in [1.807, 2.05) is 24.3 Å². The number of nitrogens with two attached hydrogens (primary N) is 1. The molecule has 0 radical (unpaired) electrons. The van der Waals surface area contributed by atoms with Crippen LogP contribution in [0.15, 0.2) is 24.3 Å². The molecule has 0 amide bonds. The number of nitrogens with one attached hydrogen (secondary N) is 1. The van der Waals surface area contributed by atoms with Crippen molar-refractivity contribution in [1.82, 2.24) is 0 Å². The van der Waals surface area contributed by atoms with Crippen LogP contribution in [0.2, 0.25) is 0 Å². The smallest absolute Gasteiger partial charge is 0.330 e. The van der Waals surface area contributed by atoms with Gasteiger partial charge in [-0.1, -0.05) is 12.1 Å². The standard InChI is InChI=1S/C8H6N2S2/c9-7-5-3-1-2-4-6(5)10-8(11)12-7/h1-4H,9H2/p+1. The largest absolute Gasteiger partial charge is 0.390 e. The summed E-state index contributed by atoms with van der Waals surface area (Å²) in [6.45, 7) is 0. The quantitative estimate of drug-likeness (QED) is 0.653. The van der Waals surface area contributed by atoms with E-state index >= 15 is 0 Å². The lowest BCUT2D eigenvalue weighted by Crippen LogP contribution is -2.04. The van der Waals surface area contributed by atoms with Gasteiger partial charge in [-0.15, -0.1) is 0 Å². The van der Waals surface area contributed by atoms with E-state index in [9.17, 15) is 0 Å². The van der Waals surface area contributed by atoms with Gasteiger partial charge in [-0.2, -0.15) is 4.98 Å². The molecule has 3 N–H and O–H groups in total. The molecule has 2 aromatic rings. The van der Waals surface area contributed by atoms with Gasteiger partial charge < -0.3 is 5.73 Å². The Kier molecular flexibility index (Phi) is 1.78. The van der Waals surface area contributed by atoms with E-state index in [0.717, 1.165) is 15.9 Å². The van der Waals surface area contributed by atoms with Crippen molar-refractivity contribution in [1.29, 1.82) is 0 Å². The number of aromatic nitrogens is 1. The van der Waals surface area contributed by atoms with Crippen LogP contribution in [0.3, 0.4) is 0 Å². The lowest BCUT2D eigenvalue weighted by molar-refractivity contribution is -0.348. The Morgan fingerprint density at radius 2 is 2.08 bits per heavy atom. The number of rotatable bonds is 0. The fraction of sp³-hybridized carbons (Fsp3) is 0. The average molecular weight is 195 g/mol. The summed E-state index contributed by atoms with van der Waals surface area (Å²) in [5.74, 6) is 0. The summed E-state index contributed by atoms with van der Waals surface area (Å²) in [6, 6.07) is 7.86. The minimum Gasteiger partial charge on any atom is -0.390 e. The molecule has 1 heterocycles. The zero-order chi connectivity index (χ0) is 8.55. The lowest BCUT2D eigenvalue weighted by atomic mass is 10.2. The monoisotopic (exact) mass is 195 g/mol. The van der Waals surface area contributed by atoms with Crippen molar-refractivity contribution >= 4 is 39.5 Å². The van der Waals surface area contributed by atoms with Crippen LogP contribution < -0.4 is 10.7 Å². The van der Waals surface area contributed by atoms with Gasteiger partial charge in [0, 0.05) is 18.3 Å². The summed E-state index contributed by atoms with van der Waals surface area (Å²) in [4.78, 5) is 3.08. The molecule has 0 fully saturated rings. The van der Waals surface area contributed by atoms with E-state index < -0.39 is 0 Å². The summed E-state index contributed by atoms with van der Waals surface area (Å²) < 4.78 is 0.714. The van der Waals surface area contributed by atoms with E-state index in [1.165, 1.54) is 11.3 Å². The summed E-state index contributed by atoms with van der Waals surface area (Å²) in [5, 5.41) is 1.81. The number of aromatic amines is 1. The number of fused-ring (bicyclic) bond motifs is 1. The number of hydrogen-bond donors (Lipinski definition) is 1. The molecule has 0 bridgehead atoms. The highest BCUT2D eigenvalue weighted by Crippen LogP contribution is 2.20. The van der Waals surface area contributed by atoms with Crippen LogP contribution in [0.25, 0.3) is 10.9 Å². The van der Waals surface area contributed by atoms with Gasteiger partial charge >= 0.3 is 3.95 Å². The third-order valence-electron chi connectivity index (χ3n) is 1.63. The van der Waals surface area contributed by atoms with Crippen molar-refractivity contribution in [3.05, 3.63) is 28.2 Å². The Balaban J connectivity index is 2.99. The van der Waals surface area contributed by atoms with Gasteiger partial charge in [-0.05, 0) is 17.4 Å². The molecule has 4 heteroatoms. The molecule has 0 aliphatic heterocycles. The minimum absolute atomic E-state index is 0.714. The van der Waals surface area contributed by atoms with Gasteiger partial charge in [0.15, 0.2) is 0 Å². The molecule has 0 aliphatic carbocycles. The molecule has 0 atom stereocenters. The van der Waals surface area contributed by atoms with Gasteiger partial charge in [-0.25, -0.2) is 0 Å². The number of H-pyrrole nitrogens is 1. The van der Waals surface area contributed by atoms with Crippen LogP contribution >= 0.6 is 23.6 Å². The number of hydrogen-bond acceptors (Lipinski definition) is 3. The molecular formula is C8H7N2S2+. The Morgan fingerprint density at radius 3 is 2.92 bits per heavy atom. The first-order chi connectivity index (χ1) is 5.77. The number of nitrogen functional groups attached to an aromatic ring is 1. The van der Waals surface area contributed by atoms with Crippen LogP contribution in [-0.4, -0.2) is 0 Å². The molecule has 2 nitrogen and oxygen atoms in total. The van der Waals surface area contributed by atoms with Gasteiger partial charge in [0.2, 0.25) is 5.52 Å². The summed E-state index contributed by atoms with van der Waals surface area (Å²) in [7, 11) is 0. The maximum absolute atomic E-state index is 5.79. The van der Waals surface area contributed by atoms with Gasteiger partial charge in [0.1, 0.15) is 5.00 Å². The highest BCUT2D eigenvalue weighted by atomic mass is 32.1. The zero-order valence-electron chi connectivity index (χ0n) is 6.20. The van der Waals surface area contributed by atoms with Crippen molar-refractivity contribution < 1.29 is 4.98 Å². The zero-order valence-corrected chi connectivity index (χ0v) is 7.84. The van der Waals surface area contributed by atoms with Crippen molar-refractivity contribution in [2.75, 3.05) is 5.73 Å².